The second-order valence-corrected chi connectivity index (χ2v) is 6.79. The van der Waals surface area contributed by atoms with Gasteiger partial charge in [0.15, 0.2) is 5.96 Å². The summed E-state index contributed by atoms with van der Waals surface area (Å²) in [6, 6.07) is 12.0. The van der Waals surface area contributed by atoms with Crippen molar-refractivity contribution in [2.75, 3.05) is 39.3 Å². The average molecular weight is 499 g/mol. The monoisotopic (exact) mass is 499 g/mol. The van der Waals surface area contributed by atoms with Gasteiger partial charge in [-0.15, -0.1) is 24.0 Å². The molecule has 1 fully saturated rings. The number of aliphatic imine (C=N–C) groups is 1. The van der Waals surface area contributed by atoms with Gasteiger partial charge in [-0.05, 0) is 12.5 Å². The van der Waals surface area contributed by atoms with E-state index in [2.05, 4.69) is 32.2 Å². The fourth-order valence-electron chi connectivity index (χ4n) is 3.23. The van der Waals surface area contributed by atoms with Crippen LogP contribution in [0, 0.1) is 0 Å². The van der Waals surface area contributed by atoms with E-state index in [1.165, 1.54) is 0 Å². The highest BCUT2D eigenvalue weighted by atomic mass is 127. The zero-order chi connectivity index (χ0) is 18.9. The number of aliphatic hydroxyl groups is 1. The lowest BCUT2D eigenvalue weighted by Gasteiger charge is -2.36. The number of aliphatic hydroxyl groups excluding tert-OH is 1. The highest BCUT2D eigenvalue weighted by Crippen LogP contribution is 2.08. The summed E-state index contributed by atoms with van der Waals surface area (Å²) in [5, 5.41) is 17.7. The van der Waals surface area contributed by atoms with Crippen LogP contribution in [0.3, 0.4) is 0 Å². The van der Waals surface area contributed by atoms with Gasteiger partial charge in [0.1, 0.15) is 6.26 Å². The predicted molar refractivity (Wildman–Crippen MR) is 121 cm³/mol. The van der Waals surface area contributed by atoms with Crippen molar-refractivity contribution in [3.05, 3.63) is 53.9 Å². The summed E-state index contributed by atoms with van der Waals surface area (Å²) in [5.74, 6) is 0.880. The number of rotatable bonds is 7. The highest BCUT2D eigenvalue weighted by Gasteiger charge is 2.20. The van der Waals surface area contributed by atoms with Crippen LogP contribution in [0.5, 0.6) is 0 Å². The normalized spacial score (nSPS) is 16.5. The van der Waals surface area contributed by atoms with Crippen molar-refractivity contribution in [1.82, 2.24) is 20.3 Å². The Morgan fingerprint density at radius 3 is 2.61 bits per heavy atom. The maximum Gasteiger partial charge on any atom is 0.194 e. The van der Waals surface area contributed by atoms with Crippen LogP contribution in [0.2, 0.25) is 0 Å². The molecule has 7 nitrogen and oxygen atoms in total. The smallest absolute Gasteiger partial charge is 0.194 e. The van der Waals surface area contributed by atoms with Gasteiger partial charge in [0, 0.05) is 51.8 Å². The second kappa shape index (κ2) is 12.0. The number of hydrogen-bond donors (Lipinski definition) is 2. The van der Waals surface area contributed by atoms with Gasteiger partial charge < -0.3 is 19.8 Å². The molecule has 8 heteroatoms. The number of nitrogens with zero attached hydrogens (tertiary/aromatic N) is 4. The number of guanidine groups is 1. The minimum Gasteiger partial charge on any atom is -0.391 e. The molecule has 1 aromatic carbocycles. The maximum absolute atomic E-state index is 10.3. The van der Waals surface area contributed by atoms with Gasteiger partial charge >= 0.3 is 0 Å². The third-order valence-corrected chi connectivity index (χ3v) is 4.65. The lowest BCUT2D eigenvalue weighted by Crippen LogP contribution is -2.52. The molecule has 3 rings (SSSR count). The quantitative estimate of drug-likeness (QED) is 0.345. The molecule has 0 saturated carbocycles. The van der Waals surface area contributed by atoms with Crippen LogP contribution in [0.4, 0.5) is 0 Å². The molecule has 0 radical (unpaired) electrons. The molecule has 0 spiro atoms. The van der Waals surface area contributed by atoms with E-state index in [9.17, 15) is 5.11 Å². The maximum atomic E-state index is 10.3. The van der Waals surface area contributed by atoms with Gasteiger partial charge in [0.2, 0.25) is 0 Å². The molecule has 0 bridgehead atoms. The van der Waals surface area contributed by atoms with E-state index in [1.54, 1.807) is 6.26 Å². The predicted octanol–water partition coefficient (Wildman–Crippen LogP) is 1.98. The van der Waals surface area contributed by atoms with Crippen molar-refractivity contribution in [2.45, 2.75) is 26.0 Å². The Morgan fingerprint density at radius 1 is 1.21 bits per heavy atom. The molecule has 28 heavy (non-hydrogen) atoms. The first-order valence-electron chi connectivity index (χ1n) is 9.61. The molecular weight excluding hydrogens is 469 g/mol. The van der Waals surface area contributed by atoms with E-state index in [1.807, 2.05) is 36.4 Å². The molecule has 2 N–H and O–H groups in total. The largest absolute Gasteiger partial charge is 0.391 e. The zero-order valence-electron chi connectivity index (χ0n) is 16.3. The van der Waals surface area contributed by atoms with E-state index in [0.717, 1.165) is 56.5 Å². The van der Waals surface area contributed by atoms with Crippen LogP contribution in [-0.2, 0) is 13.0 Å². The van der Waals surface area contributed by atoms with Crippen molar-refractivity contribution in [3.8, 4) is 0 Å². The van der Waals surface area contributed by atoms with E-state index < -0.39 is 6.10 Å². The Bertz CT molecular complexity index is 688. The number of halogens is 1. The third-order valence-electron chi connectivity index (χ3n) is 4.65. The molecule has 2 heterocycles. The Kier molecular flexibility index (Phi) is 9.72. The topological polar surface area (TPSA) is 77.1 Å². The number of hydrogen-bond acceptors (Lipinski definition) is 5. The first-order chi connectivity index (χ1) is 13.2. The van der Waals surface area contributed by atoms with E-state index >= 15 is 0 Å². The molecule has 1 aliphatic rings. The van der Waals surface area contributed by atoms with Crippen LogP contribution in [-0.4, -0.2) is 71.4 Å². The molecule has 1 saturated heterocycles. The molecule has 1 atom stereocenters. The molecule has 2 aromatic rings. The van der Waals surface area contributed by atoms with E-state index in [0.29, 0.717) is 13.0 Å². The lowest BCUT2D eigenvalue weighted by molar-refractivity contribution is 0.166. The molecule has 1 unspecified atom stereocenters. The summed E-state index contributed by atoms with van der Waals surface area (Å²) in [6.45, 7) is 7.79. The fourth-order valence-corrected chi connectivity index (χ4v) is 3.23. The van der Waals surface area contributed by atoms with Crippen molar-refractivity contribution < 1.29 is 9.63 Å². The minimum atomic E-state index is -0.477. The van der Waals surface area contributed by atoms with Crippen molar-refractivity contribution in [3.63, 3.8) is 0 Å². The number of benzene rings is 1. The van der Waals surface area contributed by atoms with Crippen LogP contribution in [0.1, 0.15) is 18.2 Å². The first kappa shape index (κ1) is 22.6. The second-order valence-electron chi connectivity index (χ2n) is 6.79. The Morgan fingerprint density at radius 2 is 1.96 bits per heavy atom. The summed E-state index contributed by atoms with van der Waals surface area (Å²) in [7, 11) is 0. The summed E-state index contributed by atoms with van der Waals surface area (Å²) in [6.07, 6.45) is 1.76. The molecule has 1 aromatic heterocycles. The number of nitrogens with one attached hydrogen (secondary N) is 1. The van der Waals surface area contributed by atoms with Crippen LogP contribution in [0.15, 0.2) is 52.2 Å². The summed E-state index contributed by atoms with van der Waals surface area (Å²) in [4.78, 5) is 9.29. The van der Waals surface area contributed by atoms with Crippen LogP contribution < -0.4 is 5.32 Å². The van der Waals surface area contributed by atoms with E-state index in [-0.39, 0.29) is 24.0 Å². The van der Waals surface area contributed by atoms with Crippen molar-refractivity contribution in [2.24, 2.45) is 4.99 Å². The molecule has 1 aliphatic heterocycles. The van der Waals surface area contributed by atoms with Gasteiger partial charge in [-0.25, -0.2) is 0 Å². The van der Waals surface area contributed by atoms with Gasteiger partial charge in [0.05, 0.1) is 18.3 Å². The number of piperazine rings is 1. The minimum absolute atomic E-state index is 0. The molecule has 154 valence electrons. The third kappa shape index (κ3) is 7.06. The van der Waals surface area contributed by atoms with Crippen molar-refractivity contribution in [1.29, 1.82) is 0 Å². The molecule has 0 amide bonds. The Balaban J connectivity index is 0.00000280. The summed E-state index contributed by atoms with van der Waals surface area (Å²) >= 11 is 0. The van der Waals surface area contributed by atoms with Gasteiger partial charge in [-0.2, -0.15) is 0 Å². The Hall–Kier alpha value is -1.65. The standard InChI is InChI=1S/C20H29N5O2.HI/c1-2-21-20(22-15-19(26)14-17-6-4-3-5-7-17)25-11-9-24(10-12-25)16-18-8-13-27-23-18;/h3-8,13,19,26H,2,9-12,14-16H2,1H3,(H,21,22);1H. The summed E-state index contributed by atoms with van der Waals surface area (Å²) < 4.78 is 4.90. The first-order valence-corrected chi connectivity index (χ1v) is 9.61. The van der Waals surface area contributed by atoms with Gasteiger partial charge in [-0.3, -0.25) is 9.89 Å². The van der Waals surface area contributed by atoms with Crippen molar-refractivity contribution >= 4 is 29.9 Å². The average Bonchev–Trinajstić information content (AvgIpc) is 3.20. The molecule has 0 aliphatic carbocycles. The SMILES string of the molecule is CCNC(=NCC(O)Cc1ccccc1)N1CCN(Cc2ccon2)CC1.I. The fraction of sp³-hybridized carbons (Fsp3) is 0.500. The van der Waals surface area contributed by atoms with E-state index in [4.69, 9.17) is 4.52 Å². The highest BCUT2D eigenvalue weighted by molar-refractivity contribution is 14.0. The lowest BCUT2D eigenvalue weighted by atomic mass is 10.1. The van der Waals surface area contributed by atoms with Gasteiger partial charge in [0.25, 0.3) is 0 Å². The van der Waals surface area contributed by atoms with Crippen LogP contribution >= 0.6 is 24.0 Å². The Labute approximate surface area is 183 Å². The van der Waals surface area contributed by atoms with Crippen LogP contribution in [0.25, 0.3) is 0 Å². The number of aromatic nitrogens is 1. The summed E-state index contributed by atoms with van der Waals surface area (Å²) in [5.41, 5.74) is 2.10. The zero-order valence-corrected chi connectivity index (χ0v) is 18.7. The van der Waals surface area contributed by atoms with Gasteiger partial charge in [-0.1, -0.05) is 35.5 Å². The molecular formula is C20H30IN5O2.